The summed E-state index contributed by atoms with van der Waals surface area (Å²) < 4.78 is 17.0. The minimum atomic E-state index is -0.880. The number of likely N-dealkylation sites (N-methyl/N-ethyl adjacent to an activating group) is 1. The molecule has 0 radical (unpaired) electrons. The highest BCUT2D eigenvalue weighted by Gasteiger charge is 2.31. The van der Waals surface area contributed by atoms with Crippen LogP contribution >= 0.6 is 0 Å². The van der Waals surface area contributed by atoms with Crippen molar-refractivity contribution in [2.45, 2.75) is 161 Å². The van der Waals surface area contributed by atoms with Crippen molar-refractivity contribution in [2.24, 2.45) is 0 Å². The van der Waals surface area contributed by atoms with E-state index in [1.807, 2.05) is 21.1 Å². The molecule has 0 amide bonds. The van der Waals surface area contributed by atoms with Gasteiger partial charge in [0.25, 0.3) is 0 Å². The third-order valence-corrected chi connectivity index (χ3v) is 8.49. The molecule has 288 valence electrons. The maximum Gasteiger partial charge on any atom is 0.362 e. The van der Waals surface area contributed by atoms with Crippen molar-refractivity contribution in [3.8, 4) is 0 Å². The molecule has 0 spiro atoms. The zero-order valence-corrected chi connectivity index (χ0v) is 32.6. The zero-order chi connectivity index (χ0) is 37.1. The summed E-state index contributed by atoms with van der Waals surface area (Å²) in [6.07, 6.45) is 38.0. The second kappa shape index (κ2) is 33.4. The van der Waals surface area contributed by atoms with Gasteiger partial charge in [-0.05, 0) is 51.4 Å². The molecule has 0 saturated heterocycles. The molecular formula is C42H74NO7+. The molecule has 1 N–H and O–H groups in total. The maximum absolute atomic E-state index is 12.6. The summed E-state index contributed by atoms with van der Waals surface area (Å²) in [7, 11) is 5.50. The average Bonchev–Trinajstić information content (AvgIpc) is 3.06. The van der Waals surface area contributed by atoms with E-state index < -0.39 is 18.1 Å². The first-order chi connectivity index (χ1) is 24.1. The Balaban J connectivity index is 4.07. The van der Waals surface area contributed by atoms with Gasteiger partial charge in [0.15, 0.2) is 12.1 Å². The smallest absolute Gasteiger partial charge is 0.362 e. The summed E-state index contributed by atoms with van der Waals surface area (Å²) in [5, 5.41) is 9.54. The molecule has 0 bridgehead atoms. The number of carbonyl (C=O) groups is 3. The van der Waals surface area contributed by atoms with E-state index in [-0.39, 0.29) is 36.2 Å². The molecule has 0 rings (SSSR count). The topological polar surface area (TPSA) is 99.1 Å². The number of esters is 2. The van der Waals surface area contributed by atoms with Crippen LogP contribution in [0.15, 0.2) is 48.6 Å². The third kappa shape index (κ3) is 31.3. The lowest BCUT2D eigenvalue weighted by molar-refractivity contribution is -0.887. The number of nitrogens with zero attached hydrogens (tertiary/aromatic N) is 1. The van der Waals surface area contributed by atoms with E-state index >= 15 is 0 Å². The van der Waals surface area contributed by atoms with Crippen LogP contribution < -0.4 is 0 Å². The van der Waals surface area contributed by atoms with E-state index in [1.54, 1.807) is 0 Å². The molecule has 0 fully saturated rings. The number of quaternary nitrogens is 1. The second-order valence-corrected chi connectivity index (χ2v) is 14.2. The number of carboxylic acids is 1. The minimum Gasteiger partial charge on any atom is -0.477 e. The summed E-state index contributed by atoms with van der Waals surface area (Å²) in [5.41, 5.74) is 0. The van der Waals surface area contributed by atoms with Gasteiger partial charge in [0, 0.05) is 19.3 Å². The van der Waals surface area contributed by atoms with Gasteiger partial charge < -0.3 is 23.8 Å². The van der Waals surface area contributed by atoms with Crippen molar-refractivity contribution in [3.63, 3.8) is 0 Å². The van der Waals surface area contributed by atoms with Crippen molar-refractivity contribution in [1.82, 2.24) is 0 Å². The van der Waals surface area contributed by atoms with Crippen LogP contribution in [0.1, 0.15) is 149 Å². The molecule has 0 aliphatic carbocycles. The fourth-order valence-corrected chi connectivity index (χ4v) is 5.43. The lowest BCUT2D eigenvalue weighted by Crippen LogP contribution is -2.50. The van der Waals surface area contributed by atoms with Crippen molar-refractivity contribution >= 4 is 17.9 Å². The van der Waals surface area contributed by atoms with Crippen LogP contribution in [-0.4, -0.2) is 80.6 Å². The fourth-order valence-electron chi connectivity index (χ4n) is 5.43. The van der Waals surface area contributed by atoms with Gasteiger partial charge >= 0.3 is 17.9 Å². The van der Waals surface area contributed by atoms with Gasteiger partial charge in [0.2, 0.25) is 0 Å². The first-order valence-electron chi connectivity index (χ1n) is 19.7. The van der Waals surface area contributed by atoms with Gasteiger partial charge in [-0.25, -0.2) is 4.79 Å². The molecule has 0 aromatic heterocycles. The van der Waals surface area contributed by atoms with E-state index in [9.17, 15) is 19.5 Å². The van der Waals surface area contributed by atoms with Gasteiger partial charge in [-0.3, -0.25) is 9.59 Å². The third-order valence-electron chi connectivity index (χ3n) is 8.49. The van der Waals surface area contributed by atoms with Crippen molar-refractivity contribution in [1.29, 1.82) is 0 Å². The number of aliphatic carboxylic acids is 1. The predicted molar refractivity (Wildman–Crippen MR) is 206 cm³/mol. The summed E-state index contributed by atoms with van der Waals surface area (Å²) in [4.78, 5) is 36.3. The Morgan fingerprint density at radius 3 is 1.66 bits per heavy atom. The van der Waals surface area contributed by atoms with E-state index in [1.165, 1.54) is 51.4 Å². The van der Waals surface area contributed by atoms with Crippen LogP contribution in [0.5, 0.6) is 0 Å². The largest absolute Gasteiger partial charge is 0.477 e. The van der Waals surface area contributed by atoms with E-state index in [2.05, 4.69) is 62.5 Å². The SMILES string of the molecule is CC/C=C\C/C=C\C/C=C\C/C=C\CCCCCCCCCCCCC(=O)OC(COCCC(C(=O)O)[N+](C)(C)C)COC(=O)CCCCC. The molecule has 0 aliphatic rings. The number of ether oxygens (including phenoxy) is 3. The normalized spacial score (nSPS) is 13.5. The highest BCUT2D eigenvalue weighted by molar-refractivity contribution is 5.72. The highest BCUT2D eigenvalue weighted by atomic mass is 16.6. The van der Waals surface area contributed by atoms with E-state index in [0.29, 0.717) is 19.3 Å². The average molecular weight is 705 g/mol. The van der Waals surface area contributed by atoms with Crippen LogP contribution in [-0.2, 0) is 28.6 Å². The van der Waals surface area contributed by atoms with Gasteiger partial charge in [-0.15, -0.1) is 0 Å². The summed E-state index contributed by atoms with van der Waals surface area (Å²) in [6.45, 7) is 4.44. The van der Waals surface area contributed by atoms with Crippen LogP contribution in [0, 0.1) is 0 Å². The fraction of sp³-hybridized carbons (Fsp3) is 0.738. The van der Waals surface area contributed by atoms with Crippen molar-refractivity contribution in [2.75, 3.05) is 41.0 Å². The number of carbonyl (C=O) groups excluding carboxylic acids is 2. The highest BCUT2D eigenvalue weighted by Crippen LogP contribution is 2.14. The quantitative estimate of drug-likeness (QED) is 0.0308. The van der Waals surface area contributed by atoms with Crippen LogP contribution in [0.4, 0.5) is 0 Å². The molecule has 0 aliphatic heterocycles. The number of allylic oxidation sites excluding steroid dienone is 8. The molecule has 2 atom stereocenters. The van der Waals surface area contributed by atoms with Crippen LogP contribution in [0.25, 0.3) is 0 Å². The number of rotatable bonds is 34. The van der Waals surface area contributed by atoms with Gasteiger partial charge in [0.1, 0.15) is 6.61 Å². The Hall–Kier alpha value is -2.71. The van der Waals surface area contributed by atoms with Gasteiger partial charge in [0.05, 0.1) is 34.4 Å². The standard InChI is InChI=1S/C42H73NO7/c1-6-8-10-11-12-13-14-15-16-17-18-19-20-21-22-23-24-25-26-27-28-29-31-33-41(45)50-38(37-49-40(44)32-30-9-7-2)36-48-35-34-39(42(46)47)43(3,4)5/h8,10,12-13,15-16,18-19,38-39H,6-7,9,11,14,17,20-37H2,1-5H3/p+1/b10-8-,13-12-,16-15-,19-18-. The molecule has 8 heteroatoms. The Morgan fingerprint density at radius 1 is 0.620 bits per heavy atom. The molecule has 0 heterocycles. The summed E-state index contributed by atoms with van der Waals surface area (Å²) >= 11 is 0. The van der Waals surface area contributed by atoms with E-state index in [0.717, 1.165) is 64.2 Å². The Kier molecular flexibility index (Phi) is 31.6. The molecule has 50 heavy (non-hydrogen) atoms. The van der Waals surface area contributed by atoms with Crippen molar-refractivity contribution < 1.29 is 38.2 Å². The van der Waals surface area contributed by atoms with Crippen LogP contribution in [0.3, 0.4) is 0 Å². The molecule has 0 aromatic rings. The van der Waals surface area contributed by atoms with Crippen molar-refractivity contribution in [3.05, 3.63) is 48.6 Å². The second-order valence-electron chi connectivity index (χ2n) is 14.2. The monoisotopic (exact) mass is 705 g/mol. The first-order valence-corrected chi connectivity index (χ1v) is 19.7. The Labute approximate surface area is 306 Å². The minimum absolute atomic E-state index is 0.0567. The maximum atomic E-state index is 12.6. The molecule has 0 aromatic carbocycles. The summed E-state index contributed by atoms with van der Waals surface area (Å²) in [5.74, 6) is -1.51. The lowest BCUT2D eigenvalue weighted by atomic mass is 10.0. The Morgan fingerprint density at radius 2 is 1.12 bits per heavy atom. The molecule has 0 saturated carbocycles. The number of carboxylic acid groups (broad SMARTS) is 1. The molecule has 8 nitrogen and oxygen atoms in total. The molecule has 2 unspecified atom stereocenters. The predicted octanol–water partition coefficient (Wildman–Crippen LogP) is 10.1. The molecular weight excluding hydrogens is 630 g/mol. The number of unbranched alkanes of at least 4 members (excludes halogenated alkanes) is 12. The Bertz CT molecular complexity index is 964. The number of hydrogen-bond donors (Lipinski definition) is 1. The number of hydrogen-bond acceptors (Lipinski definition) is 6. The lowest BCUT2D eigenvalue weighted by Gasteiger charge is -2.31. The first kappa shape index (κ1) is 47.3. The summed E-state index contributed by atoms with van der Waals surface area (Å²) in [6, 6.07) is -0.612. The van der Waals surface area contributed by atoms with E-state index in [4.69, 9.17) is 14.2 Å². The zero-order valence-electron chi connectivity index (χ0n) is 32.6. The van der Waals surface area contributed by atoms with Gasteiger partial charge in [-0.2, -0.15) is 0 Å². The van der Waals surface area contributed by atoms with Gasteiger partial charge in [-0.1, -0.05) is 127 Å². The van der Waals surface area contributed by atoms with Crippen LogP contribution in [0.2, 0.25) is 0 Å².